The molecular formula is C27H31ClN4O. The predicted molar refractivity (Wildman–Crippen MR) is 131 cm³/mol. The number of amides is 1. The molecule has 1 atom stereocenters. The second-order valence-electron chi connectivity index (χ2n) is 9.48. The molecule has 2 fully saturated rings. The zero-order chi connectivity index (χ0) is 22.7. The summed E-state index contributed by atoms with van der Waals surface area (Å²) in [6, 6.07) is 18.5. The lowest BCUT2D eigenvalue weighted by Gasteiger charge is -2.33. The lowest BCUT2D eigenvalue weighted by atomic mass is 9.90. The van der Waals surface area contributed by atoms with Crippen LogP contribution in [-0.2, 0) is 17.8 Å². The van der Waals surface area contributed by atoms with E-state index in [1.165, 1.54) is 11.3 Å². The van der Waals surface area contributed by atoms with Crippen LogP contribution in [0.5, 0.6) is 0 Å². The van der Waals surface area contributed by atoms with Gasteiger partial charge >= 0.3 is 0 Å². The Morgan fingerprint density at radius 3 is 2.67 bits per heavy atom. The molecular weight excluding hydrogens is 432 g/mol. The van der Waals surface area contributed by atoms with Crippen molar-refractivity contribution in [3.05, 3.63) is 83.3 Å². The summed E-state index contributed by atoms with van der Waals surface area (Å²) in [7, 11) is 0. The van der Waals surface area contributed by atoms with Crippen LogP contribution >= 0.6 is 11.6 Å². The van der Waals surface area contributed by atoms with Crippen LogP contribution in [0.25, 0.3) is 5.82 Å². The summed E-state index contributed by atoms with van der Waals surface area (Å²) in [6.07, 6.45) is 9.01. The molecule has 6 heteroatoms. The standard InChI is InChI=1S/C27H31ClN4O/c28-22-10-11-25(30-19-22)32-15-5-9-23(32)20-31-16-12-27(13-17-31)18-24(27)26(33)29-14-4-8-21-6-2-1-3-7-21/h1-3,5-7,9-11,15,19,24H,4,8,12-14,16-18,20H2,(H,29,33)/t24-/m1/s1. The Morgan fingerprint density at radius 1 is 1.09 bits per heavy atom. The van der Waals surface area contributed by atoms with Gasteiger partial charge in [-0.15, -0.1) is 0 Å². The lowest BCUT2D eigenvalue weighted by molar-refractivity contribution is -0.123. The van der Waals surface area contributed by atoms with Gasteiger partial charge in [0, 0.05) is 37.1 Å². The maximum absolute atomic E-state index is 12.7. The van der Waals surface area contributed by atoms with E-state index in [-0.39, 0.29) is 17.2 Å². The van der Waals surface area contributed by atoms with Crippen LogP contribution < -0.4 is 5.32 Å². The normalized spacial score (nSPS) is 19.5. The van der Waals surface area contributed by atoms with Crippen LogP contribution in [0.2, 0.25) is 5.02 Å². The maximum Gasteiger partial charge on any atom is 0.223 e. The van der Waals surface area contributed by atoms with Gasteiger partial charge in [0.2, 0.25) is 5.91 Å². The minimum absolute atomic E-state index is 0.207. The van der Waals surface area contributed by atoms with E-state index in [1.807, 2.05) is 18.2 Å². The summed E-state index contributed by atoms with van der Waals surface area (Å²) >= 11 is 5.99. The average molecular weight is 463 g/mol. The van der Waals surface area contributed by atoms with Gasteiger partial charge in [-0.3, -0.25) is 9.69 Å². The van der Waals surface area contributed by atoms with Crippen LogP contribution in [0, 0.1) is 11.3 Å². The van der Waals surface area contributed by atoms with E-state index in [0.717, 1.165) is 64.1 Å². The Morgan fingerprint density at radius 2 is 1.91 bits per heavy atom. The van der Waals surface area contributed by atoms with Crippen LogP contribution in [0.1, 0.15) is 36.9 Å². The number of carbonyl (C=O) groups is 1. The second-order valence-corrected chi connectivity index (χ2v) is 9.92. The smallest absolute Gasteiger partial charge is 0.223 e. The SMILES string of the molecule is O=C(NCCCc1ccccc1)[C@H]1CC12CCN(Cc1cccn1-c1ccc(Cl)cn1)CC2. The van der Waals surface area contributed by atoms with Crippen molar-refractivity contribution < 1.29 is 4.79 Å². The number of hydrogen-bond acceptors (Lipinski definition) is 3. The second kappa shape index (κ2) is 9.70. The van der Waals surface area contributed by atoms with Gasteiger partial charge in [0.15, 0.2) is 0 Å². The number of nitrogens with one attached hydrogen (secondary N) is 1. The third-order valence-electron chi connectivity index (χ3n) is 7.32. The molecule has 0 unspecified atom stereocenters. The average Bonchev–Trinajstić information content (AvgIpc) is 3.35. The number of benzene rings is 1. The molecule has 1 spiro atoms. The van der Waals surface area contributed by atoms with Crippen LogP contribution in [0.4, 0.5) is 0 Å². The van der Waals surface area contributed by atoms with Gasteiger partial charge in [-0.1, -0.05) is 41.9 Å². The van der Waals surface area contributed by atoms with Crippen molar-refractivity contribution in [1.29, 1.82) is 0 Å². The number of aryl methyl sites for hydroxylation is 1. The molecule has 1 N–H and O–H groups in total. The van der Waals surface area contributed by atoms with E-state index in [0.29, 0.717) is 5.02 Å². The molecule has 2 aliphatic rings. The monoisotopic (exact) mass is 462 g/mol. The molecule has 3 aromatic rings. The maximum atomic E-state index is 12.7. The summed E-state index contributed by atoms with van der Waals surface area (Å²) in [6.45, 7) is 3.74. The van der Waals surface area contributed by atoms with E-state index >= 15 is 0 Å². The summed E-state index contributed by atoms with van der Waals surface area (Å²) in [5.41, 5.74) is 2.80. The fourth-order valence-corrected chi connectivity index (χ4v) is 5.32. The van der Waals surface area contributed by atoms with E-state index in [2.05, 4.69) is 62.4 Å². The Kier molecular flexibility index (Phi) is 6.52. The van der Waals surface area contributed by atoms with Crippen molar-refractivity contribution in [2.75, 3.05) is 19.6 Å². The van der Waals surface area contributed by atoms with Crippen molar-refractivity contribution in [1.82, 2.24) is 19.8 Å². The first-order valence-electron chi connectivity index (χ1n) is 12.0. The number of rotatable bonds is 8. The third-order valence-corrected chi connectivity index (χ3v) is 7.54. The summed E-state index contributed by atoms with van der Waals surface area (Å²) in [5, 5.41) is 3.84. The highest BCUT2D eigenvalue weighted by Gasteiger charge is 2.58. The Hall–Kier alpha value is -2.63. The number of likely N-dealkylation sites (tertiary alicyclic amines) is 1. The topological polar surface area (TPSA) is 50.2 Å². The Bertz CT molecular complexity index is 1070. The van der Waals surface area contributed by atoms with E-state index in [4.69, 9.17) is 11.6 Å². The van der Waals surface area contributed by atoms with Gasteiger partial charge in [-0.25, -0.2) is 4.98 Å². The van der Waals surface area contributed by atoms with E-state index < -0.39 is 0 Å². The van der Waals surface area contributed by atoms with Crippen LogP contribution in [0.3, 0.4) is 0 Å². The first kappa shape index (κ1) is 22.2. The van der Waals surface area contributed by atoms with Gasteiger partial charge in [0.25, 0.3) is 0 Å². The first-order valence-corrected chi connectivity index (χ1v) is 12.3. The highest BCUT2D eigenvalue weighted by molar-refractivity contribution is 6.30. The molecule has 1 aromatic carbocycles. The third kappa shape index (κ3) is 5.15. The molecule has 33 heavy (non-hydrogen) atoms. The van der Waals surface area contributed by atoms with Crippen LogP contribution in [-0.4, -0.2) is 40.0 Å². The van der Waals surface area contributed by atoms with Gasteiger partial charge in [-0.05, 0) is 80.4 Å². The zero-order valence-corrected chi connectivity index (χ0v) is 19.7. The largest absolute Gasteiger partial charge is 0.356 e. The van der Waals surface area contributed by atoms with E-state index in [1.54, 1.807) is 6.20 Å². The molecule has 1 aliphatic carbocycles. The van der Waals surface area contributed by atoms with Gasteiger partial charge < -0.3 is 9.88 Å². The number of aromatic nitrogens is 2. The number of hydrogen-bond donors (Lipinski definition) is 1. The molecule has 1 saturated heterocycles. The number of pyridine rings is 1. The molecule has 1 saturated carbocycles. The Labute approximate surface area is 200 Å². The number of halogens is 1. The molecule has 2 aromatic heterocycles. The molecule has 172 valence electrons. The van der Waals surface area contributed by atoms with Crippen molar-refractivity contribution in [2.45, 2.75) is 38.6 Å². The van der Waals surface area contributed by atoms with E-state index in [9.17, 15) is 4.79 Å². The fourth-order valence-electron chi connectivity index (χ4n) is 5.21. The molecule has 1 amide bonds. The Balaban J connectivity index is 1.07. The summed E-state index contributed by atoms with van der Waals surface area (Å²) < 4.78 is 2.13. The number of carbonyl (C=O) groups excluding carboxylic acids is 1. The van der Waals surface area contributed by atoms with Crippen molar-refractivity contribution in [3.63, 3.8) is 0 Å². The first-order chi connectivity index (χ1) is 16.1. The number of nitrogens with zero attached hydrogens (tertiary/aromatic N) is 3. The molecule has 5 nitrogen and oxygen atoms in total. The van der Waals surface area contributed by atoms with Crippen molar-refractivity contribution in [3.8, 4) is 5.82 Å². The molecule has 0 bridgehead atoms. The highest BCUT2D eigenvalue weighted by Crippen LogP contribution is 2.59. The zero-order valence-electron chi connectivity index (χ0n) is 18.9. The van der Waals surface area contributed by atoms with Gasteiger partial charge in [-0.2, -0.15) is 0 Å². The van der Waals surface area contributed by atoms with Crippen molar-refractivity contribution in [2.24, 2.45) is 11.3 Å². The molecule has 0 radical (unpaired) electrons. The minimum atomic E-state index is 0.207. The summed E-state index contributed by atoms with van der Waals surface area (Å²) in [5.74, 6) is 1.36. The number of piperidine rings is 1. The molecule has 3 heterocycles. The highest BCUT2D eigenvalue weighted by atomic mass is 35.5. The predicted octanol–water partition coefficient (Wildman–Crippen LogP) is 4.88. The van der Waals surface area contributed by atoms with Crippen molar-refractivity contribution >= 4 is 17.5 Å². The van der Waals surface area contributed by atoms with Gasteiger partial charge in [0.05, 0.1) is 5.02 Å². The lowest BCUT2D eigenvalue weighted by Crippen LogP contribution is -2.37. The fraction of sp³-hybridized carbons (Fsp3) is 0.407. The van der Waals surface area contributed by atoms with Crippen LogP contribution in [0.15, 0.2) is 67.0 Å². The molecule has 1 aliphatic heterocycles. The molecule has 5 rings (SSSR count). The quantitative estimate of drug-likeness (QED) is 0.485. The van der Waals surface area contributed by atoms with Gasteiger partial charge in [0.1, 0.15) is 5.82 Å². The summed E-state index contributed by atoms with van der Waals surface area (Å²) in [4.78, 5) is 19.7. The minimum Gasteiger partial charge on any atom is -0.356 e.